The second kappa shape index (κ2) is 4.78. The van der Waals surface area contributed by atoms with E-state index < -0.39 is 0 Å². The monoisotopic (exact) mass is 262 g/mol. The Labute approximate surface area is 110 Å². The predicted molar refractivity (Wildman–Crippen MR) is 73.7 cm³/mol. The molecule has 2 aromatic rings. The van der Waals surface area contributed by atoms with Crippen LogP contribution < -0.4 is 9.47 Å². The Bertz CT molecular complexity index is 591. The van der Waals surface area contributed by atoms with E-state index in [0.29, 0.717) is 0 Å². The van der Waals surface area contributed by atoms with Gasteiger partial charge in [0.05, 0.1) is 25.5 Å². The number of hydrogen-bond acceptors (Lipinski definition) is 5. The molecule has 0 fully saturated rings. The highest BCUT2D eigenvalue weighted by molar-refractivity contribution is 7.12. The zero-order valence-corrected chi connectivity index (χ0v) is 10.2. The van der Waals surface area contributed by atoms with Gasteiger partial charge in [0.1, 0.15) is 22.2 Å². The van der Waals surface area contributed by atoms with Crippen LogP contribution in [-0.4, -0.2) is 24.9 Å². The third-order valence-corrected chi connectivity index (χ3v) is 3.39. The van der Waals surface area contributed by atoms with Crippen LogP contribution in [0.3, 0.4) is 0 Å². The highest BCUT2D eigenvalue weighted by atomic mass is 32.1. The minimum absolute atomic E-state index is 0. The van der Waals surface area contributed by atoms with Gasteiger partial charge >= 0.3 is 0 Å². The largest absolute Gasteiger partial charge is 0.497 e. The highest BCUT2D eigenvalue weighted by Crippen LogP contribution is 2.42. The number of fused-ring (bicyclic) bond motifs is 1. The van der Waals surface area contributed by atoms with Gasteiger partial charge < -0.3 is 9.47 Å². The number of thiazole rings is 1. The molecule has 5 heteroatoms. The van der Waals surface area contributed by atoms with Crippen molar-refractivity contribution in [2.75, 3.05) is 14.2 Å². The van der Waals surface area contributed by atoms with Crippen LogP contribution in [0.15, 0.2) is 28.7 Å². The number of methoxy groups -OCH3 is 2. The molecule has 94 valence electrons. The topological polar surface area (TPSA) is 43.7 Å². The summed E-state index contributed by atoms with van der Waals surface area (Å²) in [6, 6.07) is 3.76. The molecule has 4 nitrogen and oxygen atoms in total. The number of aromatic nitrogens is 1. The van der Waals surface area contributed by atoms with E-state index in [-0.39, 0.29) is 7.43 Å². The quantitative estimate of drug-likeness (QED) is 0.727. The van der Waals surface area contributed by atoms with Crippen molar-refractivity contribution in [1.82, 2.24) is 4.98 Å². The number of hydrogen-bond donors (Lipinski definition) is 0. The first-order valence-corrected chi connectivity index (χ1v) is 5.96. The van der Waals surface area contributed by atoms with Crippen molar-refractivity contribution in [2.45, 2.75) is 7.43 Å². The number of ether oxygens (including phenoxy) is 2. The Balaban J connectivity index is 0.00000120. The summed E-state index contributed by atoms with van der Waals surface area (Å²) in [4.78, 5) is 8.71. The van der Waals surface area contributed by atoms with Gasteiger partial charge in [-0.05, 0) is 0 Å². The first kappa shape index (κ1) is 12.6. The summed E-state index contributed by atoms with van der Waals surface area (Å²) in [5.41, 5.74) is 2.81. The molecule has 0 amide bonds. The molecule has 0 aliphatic carbocycles. The minimum Gasteiger partial charge on any atom is -0.497 e. The molecule has 0 N–H and O–H groups in total. The molecule has 2 heterocycles. The Morgan fingerprint density at radius 2 is 2.00 bits per heavy atom. The second-order valence-electron chi connectivity index (χ2n) is 3.52. The van der Waals surface area contributed by atoms with E-state index in [9.17, 15) is 0 Å². The van der Waals surface area contributed by atoms with Crippen molar-refractivity contribution < 1.29 is 9.47 Å². The molecular formula is C13H14N2O2S. The van der Waals surface area contributed by atoms with E-state index in [2.05, 4.69) is 9.98 Å². The van der Waals surface area contributed by atoms with Gasteiger partial charge in [0.15, 0.2) is 0 Å². The standard InChI is InChI=1S/C12H10N2O2S.CH4/c1-15-7-5-8-10(9(6-7)16-2)11(14-8)12-13-3-4-17-12;/h3-6H,1-2H3;1H4. The molecule has 0 saturated heterocycles. The maximum atomic E-state index is 5.36. The zero-order valence-electron chi connectivity index (χ0n) is 9.43. The smallest absolute Gasteiger partial charge is 0.142 e. The van der Waals surface area contributed by atoms with Crippen molar-refractivity contribution >= 4 is 22.7 Å². The summed E-state index contributed by atoms with van der Waals surface area (Å²) >= 11 is 1.57. The average Bonchev–Trinajstić information content (AvgIpc) is 2.83. The first-order valence-electron chi connectivity index (χ1n) is 5.08. The molecule has 1 aromatic carbocycles. The fourth-order valence-electron chi connectivity index (χ4n) is 1.80. The van der Waals surface area contributed by atoms with Gasteiger partial charge in [-0.3, -0.25) is 0 Å². The molecule has 3 rings (SSSR count). The van der Waals surface area contributed by atoms with E-state index in [0.717, 1.165) is 33.5 Å². The van der Waals surface area contributed by atoms with E-state index in [1.165, 1.54) is 0 Å². The van der Waals surface area contributed by atoms with Crippen LogP contribution in [0, 0.1) is 0 Å². The summed E-state index contributed by atoms with van der Waals surface area (Å²) in [7, 11) is 3.28. The van der Waals surface area contributed by atoms with Gasteiger partial charge in [-0.25, -0.2) is 9.98 Å². The van der Waals surface area contributed by atoms with Crippen molar-refractivity contribution in [3.05, 3.63) is 34.3 Å². The highest BCUT2D eigenvalue weighted by Gasteiger charge is 2.27. The van der Waals surface area contributed by atoms with E-state index >= 15 is 0 Å². The van der Waals surface area contributed by atoms with Crippen LogP contribution in [0.5, 0.6) is 11.5 Å². The van der Waals surface area contributed by atoms with Crippen LogP contribution in [-0.2, 0) is 0 Å². The molecule has 0 atom stereocenters. The van der Waals surface area contributed by atoms with Crippen molar-refractivity contribution in [1.29, 1.82) is 0 Å². The van der Waals surface area contributed by atoms with Gasteiger partial charge in [0, 0.05) is 23.7 Å². The predicted octanol–water partition coefficient (Wildman–Crippen LogP) is 3.28. The lowest BCUT2D eigenvalue weighted by molar-refractivity contribution is 0.393. The molecule has 0 radical (unpaired) electrons. The average molecular weight is 262 g/mol. The third kappa shape index (κ3) is 1.76. The lowest BCUT2D eigenvalue weighted by Crippen LogP contribution is -2.12. The molecule has 1 aromatic heterocycles. The summed E-state index contributed by atoms with van der Waals surface area (Å²) < 4.78 is 10.6. The Morgan fingerprint density at radius 1 is 1.17 bits per heavy atom. The Hall–Kier alpha value is -1.88. The number of benzene rings is 1. The third-order valence-electron chi connectivity index (χ3n) is 2.61. The molecule has 0 bridgehead atoms. The first-order chi connectivity index (χ1) is 8.33. The van der Waals surface area contributed by atoms with Crippen molar-refractivity contribution in [3.8, 4) is 11.5 Å². The van der Waals surface area contributed by atoms with Crippen LogP contribution in [0.2, 0.25) is 0 Å². The maximum absolute atomic E-state index is 5.36. The van der Waals surface area contributed by atoms with Gasteiger partial charge in [0.25, 0.3) is 0 Å². The number of aliphatic imine (C=N–C) groups is 1. The summed E-state index contributed by atoms with van der Waals surface area (Å²) in [5.74, 6) is 1.53. The van der Waals surface area contributed by atoms with Gasteiger partial charge in [-0.15, -0.1) is 11.3 Å². The lowest BCUT2D eigenvalue weighted by Gasteiger charge is -2.20. The second-order valence-corrected chi connectivity index (χ2v) is 4.42. The Morgan fingerprint density at radius 3 is 2.61 bits per heavy atom. The molecule has 18 heavy (non-hydrogen) atoms. The molecular weight excluding hydrogens is 248 g/mol. The lowest BCUT2D eigenvalue weighted by atomic mass is 10.0. The summed E-state index contributed by atoms with van der Waals surface area (Å²) in [5, 5.41) is 2.85. The van der Waals surface area contributed by atoms with Crippen LogP contribution in [0.4, 0.5) is 5.69 Å². The van der Waals surface area contributed by atoms with Gasteiger partial charge in [-0.2, -0.15) is 0 Å². The zero-order chi connectivity index (χ0) is 11.8. The fraction of sp³-hybridized carbons (Fsp3) is 0.231. The van der Waals surface area contributed by atoms with Crippen LogP contribution in [0.25, 0.3) is 0 Å². The number of nitrogens with zero attached hydrogens (tertiary/aromatic N) is 2. The normalized spacial score (nSPS) is 11.8. The van der Waals surface area contributed by atoms with Crippen molar-refractivity contribution in [2.24, 2.45) is 4.99 Å². The van der Waals surface area contributed by atoms with Crippen molar-refractivity contribution in [3.63, 3.8) is 0 Å². The fourth-order valence-corrected chi connectivity index (χ4v) is 2.43. The van der Waals surface area contributed by atoms with E-state index in [4.69, 9.17) is 9.47 Å². The summed E-state index contributed by atoms with van der Waals surface area (Å²) in [6.07, 6.45) is 1.77. The SMILES string of the molecule is C.COc1cc2c(c(OC)c1)C(c1nccs1)=N2. The number of rotatable bonds is 3. The van der Waals surface area contributed by atoms with Crippen LogP contribution in [0.1, 0.15) is 18.0 Å². The maximum Gasteiger partial charge on any atom is 0.142 e. The van der Waals surface area contributed by atoms with Gasteiger partial charge in [-0.1, -0.05) is 7.43 Å². The molecule has 1 aliphatic rings. The van der Waals surface area contributed by atoms with Gasteiger partial charge in [0.2, 0.25) is 0 Å². The van der Waals surface area contributed by atoms with E-state index in [1.807, 2.05) is 17.5 Å². The molecule has 0 spiro atoms. The molecule has 0 saturated carbocycles. The molecule has 0 unspecified atom stereocenters. The minimum atomic E-state index is 0. The molecule has 1 aliphatic heterocycles. The Kier molecular flexibility index (Phi) is 3.34. The van der Waals surface area contributed by atoms with Crippen LogP contribution >= 0.6 is 11.3 Å². The summed E-state index contributed by atoms with van der Waals surface area (Å²) in [6.45, 7) is 0. The van der Waals surface area contributed by atoms with E-state index in [1.54, 1.807) is 31.8 Å².